The fourth-order valence-corrected chi connectivity index (χ4v) is 2.09. The lowest BCUT2D eigenvalue weighted by Crippen LogP contribution is -2.41. The lowest BCUT2D eigenvalue weighted by Gasteiger charge is -2.39. The number of halogens is 1. The fourth-order valence-electron chi connectivity index (χ4n) is 2.09. The Hall–Kier alpha value is -0.110. The summed E-state index contributed by atoms with van der Waals surface area (Å²) >= 11 is 0. The zero-order valence-corrected chi connectivity index (χ0v) is 9.15. The molecule has 0 aromatic rings. The van der Waals surface area contributed by atoms with Gasteiger partial charge < -0.3 is 4.90 Å². The molecule has 0 radical (unpaired) electrons. The van der Waals surface area contributed by atoms with E-state index in [1.165, 1.54) is 12.8 Å². The summed E-state index contributed by atoms with van der Waals surface area (Å²) in [5.74, 6) is 0.743. The van der Waals surface area contributed by atoms with Gasteiger partial charge in [0.2, 0.25) is 0 Å². The van der Waals surface area contributed by atoms with E-state index in [4.69, 9.17) is 0 Å². The van der Waals surface area contributed by atoms with Crippen LogP contribution in [0, 0.1) is 11.3 Å². The van der Waals surface area contributed by atoms with Crippen LogP contribution in [0.4, 0.5) is 4.39 Å². The molecule has 1 saturated heterocycles. The van der Waals surface area contributed by atoms with Crippen molar-refractivity contribution in [2.24, 2.45) is 11.3 Å². The van der Waals surface area contributed by atoms with E-state index in [9.17, 15) is 4.39 Å². The highest BCUT2D eigenvalue weighted by atomic mass is 19.1. The summed E-state index contributed by atoms with van der Waals surface area (Å²) in [5, 5.41) is 0. The molecule has 0 aromatic carbocycles. The van der Waals surface area contributed by atoms with E-state index >= 15 is 0 Å². The second kappa shape index (κ2) is 4.41. The molecule has 1 unspecified atom stereocenters. The number of hydrogen-bond acceptors (Lipinski definition) is 1. The van der Waals surface area contributed by atoms with Gasteiger partial charge in [-0.3, -0.25) is 0 Å². The Morgan fingerprint density at radius 1 is 1.38 bits per heavy atom. The van der Waals surface area contributed by atoms with Gasteiger partial charge in [-0.2, -0.15) is 0 Å². The summed E-state index contributed by atoms with van der Waals surface area (Å²) in [5.41, 5.74) is 0.384. The van der Waals surface area contributed by atoms with Gasteiger partial charge in [0.25, 0.3) is 0 Å². The first-order valence-electron chi connectivity index (χ1n) is 5.32. The third-order valence-corrected chi connectivity index (χ3v) is 3.13. The highest BCUT2D eigenvalue weighted by Gasteiger charge is 2.28. The molecule has 0 aromatic heterocycles. The molecule has 0 bridgehead atoms. The Bertz CT molecular complexity index is 149. The second-order valence-corrected chi connectivity index (χ2v) is 5.19. The molecule has 78 valence electrons. The highest BCUT2D eigenvalue weighted by molar-refractivity contribution is 4.81. The van der Waals surface area contributed by atoms with E-state index in [1.807, 2.05) is 0 Å². The lowest BCUT2D eigenvalue weighted by molar-refractivity contribution is 0.0945. The molecule has 1 aliphatic rings. The second-order valence-electron chi connectivity index (χ2n) is 5.19. The van der Waals surface area contributed by atoms with E-state index in [0.717, 1.165) is 19.0 Å². The molecule has 2 heteroatoms. The fraction of sp³-hybridized carbons (Fsp3) is 1.00. The Balaban J connectivity index is 2.42. The van der Waals surface area contributed by atoms with Crippen molar-refractivity contribution < 1.29 is 4.39 Å². The van der Waals surface area contributed by atoms with E-state index in [2.05, 4.69) is 25.7 Å². The number of hydrogen-bond donors (Lipinski definition) is 0. The molecule has 1 aliphatic heterocycles. The van der Waals surface area contributed by atoms with Crippen LogP contribution in [-0.4, -0.2) is 31.2 Å². The van der Waals surface area contributed by atoms with Gasteiger partial charge in [0.1, 0.15) is 6.67 Å². The lowest BCUT2D eigenvalue weighted by atomic mass is 9.76. The first-order valence-corrected chi connectivity index (χ1v) is 5.32. The summed E-state index contributed by atoms with van der Waals surface area (Å²) in [4.78, 5) is 2.26. The van der Waals surface area contributed by atoms with Crippen LogP contribution >= 0.6 is 0 Å². The van der Waals surface area contributed by atoms with Crippen molar-refractivity contribution in [2.45, 2.75) is 33.6 Å². The molecule has 1 atom stereocenters. The number of piperidine rings is 1. The van der Waals surface area contributed by atoms with Crippen molar-refractivity contribution in [1.82, 2.24) is 4.90 Å². The molecule has 1 heterocycles. The molecule has 1 nitrogen and oxygen atoms in total. The minimum atomic E-state index is -0.198. The van der Waals surface area contributed by atoms with Gasteiger partial charge in [0.15, 0.2) is 0 Å². The third kappa shape index (κ3) is 3.26. The van der Waals surface area contributed by atoms with Crippen molar-refractivity contribution >= 4 is 0 Å². The Labute approximate surface area is 81.3 Å². The van der Waals surface area contributed by atoms with Gasteiger partial charge in [-0.15, -0.1) is 0 Å². The smallest absolute Gasteiger partial charge is 0.102 e. The normalized spacial score (nSPS) is 26.3. The van der Waals surface area contributed by atoms with Crippen LogP contribution in [-0.2, 0) is 0 Å². The van der Waals surface area contributed by atoms with Crippen LogP contribution in [0.15, 0.2) is 0 Å². The Morgan fingerprint density at radius 3 is 2.62 bits per heavy atom. The maximum Gasteiger partial charge on any atom is 0.102 e. The van der Waals surface area contributed by atoms with Gasteiger partial charge in [-0.1, -0.05) is 20.8 Å². The monoisotopic (exact) mass is 187 g/mol. The van der Waals surface area contributed by atoms with Crippen molar-refractivity contribution in [2.75, 3.05) is 26.3 Å². The molecule has 0 saturated carbocycles. The number of rotatable bonds is 2. The van der Waals surface area contributed by atoms with Crippen LogP contribution in [0.3, 0.4) is 0 Å². The van der Waals surface area contributed by atoms with Crippen LogP contribution < -0.4 is 0 Å². The molecule has 1 rings (SSSR count). The Kier molecular flexibility index (Phi) is 3.72. The van der Waals surface area contributed by atoms with Crippen molar-refractivity contribution in [1.29, 1.82) is 0 Å². The average molecular weight is 187 g/mol. The highest BCUT2D eigenvalue weighted by Crippen LogP contribution is 2.32. The summed E-state index contributed by atoms with van der Waals surface area (Å²) in [6, 6.07) is 0. The van der Waals surface area contributed by atoms with Gasteiger partial charge >= 0.3 is 0 Å². The molecule has 0 amide bonds. The quantitative estimate of drug-likeness (QED) is 0.642. The molecule has 0 aliphatic carbocycles. The zero-order chi connectivity index (χ0) is 9.90. The molecular weight excluding hydrogens is 165 g/mol. The van der Waals surface area contributed by atoms with E-state index < -0.39 is 0 Å². The summed E-state index contributed by atoms with van der Waals surface area (Å²) < 4.78 is 12.2. The minimum absolute atomic E-state index is 0.198. The maximum absolute atomic E-state index is 12.2. The average Bonchev–Trinajstić information content (AvgIpc) is 2.04. The minimum Gasteiger partial charge on any atom is -0.300 e. The number of alkyl halides is 1. The van der Waals surface area contributed by atoms with Crippen LogP contribution in [0.25, 0.3) is 0 Å². The van der Waals surface area contributed by atoms with Gasteiger partial charge in [0, 0.05) is 13.1 Å². The first-order chi connectivity index (χ1) is 6.04. The van der Waals surface area contributed by atoms with Gasteiger partial charge in [-0.05, 0) is 30.7 Å². The number of nitrogens with zero attached hydrogens (tertiary/aromatic N) is 1. The maximum atomic E-state index is 12.2. The summed E-state index contributed by atoms with van der Waals surface area (Å²) in [6.45, 7) is 9.48. The van der Waals surface area contributed by atoms with Crippen molar-refractivity contribution in [3.05, 3.63) is 0 Å². The Morgan fingerprint density at radius 2 is 2.08 bits per heavy atom. The summed E-state index contributed by atoms with van der Waals surface area (Å²) in [7, 11) is 0. The molecule has 13 heavy (non-hydrogen) atoms. The van der Waals surface area contributed by atoms with Crippen LogP contribution in [0.2, 0.25) is 0 Å². The van der Waals surface area contributed by atoms with E-state index in [0.29, 0.717) is 12.0 Å². The van der Waals surface area contributed by atoms with Gasteiger partial charge in [-0.25, -0.2) is 4.39 Å². The third-order valence-electron chi connectivity index (χ3n) is 3.13. The topological polar surface area (TPSA) is 3.24 Å². The zero-order valence-electron chi connectivity index (χ0n) is 9.15. The predicted molar refractivity (Wildman–Crippen MR) is 54.6 cm³/mol. The van der Waals surface area contributed by atoms with E-state index in [-0.39, 0.29) is 6.67 Å². The molecular formula is C11H22FN. The predicted octanol–water partition coefficient (Wildman–Crippen LogP) is 2.71. The molecule has 0 spiro atoms. The van der Waals surface area contributed by atoms with Crippen molar-refractivity contribution in [3.63, 3.8) is 0 Å². The summed E-state index contributed by atoms with van der Waals surface area (Å²) in [6.07, 6.45) is 2.55. The largest absolute Gasteiger partial charge is 0.300 e. The molecule has 0 N–H and O–H groups in total. The van der Waals surface area contributed by atoms with Crippen molar-refractivity contribution in [3.8, 4) is 0 Å². The van der Waals surface area contributed by atoms with Crippen LogP contribution in [0.1, 0.15) is 33.6 Å². The SMILES string of the molecule is CC(C)(C)C1CCCN(CCF)C1. The molecule has 1 fully saturated rings. The van der Waals surface area contributed by atoms with E-state index in [1.54, 1.807) is 0 Å². The van der Waals surface area contributed by atoms with Crippen LogP contribution in [0.5, 0.6) is 0 Å². The standard InChI is InChI=1S/C11H22FN/c1-11(2,3)10-5-4-7-13(9-10)8-6-12/h10H,4-9H2,1-3H3. The van der Waals surface area contributed by atoms with Gasteiger partial charge in [0.05, 0.1) is 0 Å². The number of likely N-dealkylation sites (tertiary alicyclic amines) is 1. The first kappa shape index (κ1) is 11.0.